The molecule has 224 valence electrons. The molecule has 1 aliphatic carbocycles. The first-order valence-electron chi connectivity index (χ1n) is 13.4. The Morgan fingerprint density at radius 1 is 1.19 bits per heavy atom. The van der Waals surface area contributed by atoms with Gasteiger partial charge in [-0.25, -0.2) is 18.7 Å². The van der Waals surface area contributed by atoms with Gasteiger partial charge in [0.1, 0.15) is 21.4 Å². The van der Waals surface area contributed by atoms with Crippen LogP contribution in [0.15, 0.2) is 48.0 Å². The molecule has 3 amide bonds. The van der Waals surface area contributed by atoms with E-state index in [0.717, 1.165) is 42.1 Å². The van der Waals surface area contributed by atoms with Crippen molar-refractivity contribution >= 4 is 52.2 Å². The zero-order chi connectivity index (χ0) is 30.6. The molecule has 2 fully saturated rings. The smallest absolute Gasteiger partial charge is 0.272 e. The fourth-order valence-corrected chi connectivity index (χ4v) is 5.45. The fourth-order valence-electron chi connectivity index (χ4n) is 4.36. The number of rotatable bonds is 10. The predicted octanol–water partition coefficient (Wildman–Crippen LogP) is 4.78. The second-order valence-corrected chi connectivity index (χ2v) is 11.7. The maximum absolute atomic E-state index is 13.8. The van der Waals surface area contributed by atoms with Crippen molar-refractivity contribution in [3.8, 4) is 0 Å². The Kier molecular flexibility index (Phi) is 9.72. The van der Waals surface area contributed by atoms with Crippen LogP contribution in [0.4, 0.5) is 14.6 Å². The van der Waals surface area contributed by atoms with Gasteiger partial charge in [-0.15, -0.1) is 11.3 Å². The van der Waals surface area contributed by atoms with Gasteiger partial charge >= 0.3 is 0 Å². The summed E-state index contributed by atoms with van der Waals surface area (Å²) in [5.41, 5.74) is 0.533. The molecule has 2 N–H and O–H groups in total. The summed E-state index contributed by atoms with van der Waals surface area (Å²) in [5.74, 6) is -3.91. The third kappa shape index (κ3) is 7.77. The van der Waals surface area contributed by atoms with Gasteiger partial charge in [0, 0.05) is 62.7 Å². The van der Waals surface area contributed by atoms with Crippen LogP contribution in [0, 0.1) is 5.92 Å². The van der Waals surface area contributed by atoms with Crippen molar-refractivity contribution in [2.24, 2.45) is 10.9 Å². The van der Waals surface area contributed by atoms with Crippen LogP contribution >= 0.6 is 22.9 Å². The molecule has 0 spiro atoms. The van der Waals surface area contributed by atoms with E-state index in [-0.39, 0.29) is 33.3 Å². The maximum Gasteiger partial charge on any atom is 0.272 e. The number of aromatic nitrogens is 2. The first-order chi connectivity index (χ1) is 19.9. The minimum Gasteiger partial charge on any atom is -0.371 e. The first-order valence-corrected chi connectivity index (χ1v) is 14.6. The number of nitrogens with one attached hydrogen (secondary N) is 2. The average Bonchev–Trinajstić information content (AvgIpc) is 3.68. The summed E-state index contributed by atoms with van der Waals surface area (Å²) in [6, 6.07) is 0.456. The Morgan fingerprint density at radius 2 is 1.86 bits per heavy atom. The van der Waals surface area contributed by atoms with Gasteiger partial charge in [0.15, 0.2) is 0 Å². The van der Waals surface area contributed by atoms with E-state index in [4.69, 9.17) is 11.6 Å². The van der Waals surface area contributed by atoms with Gasteiger partial charge in [-0.05, 0) is 38.8 Å². The van der Waals surface area contributed by atoms with Crippen molar-refractivity contribution in [3.05, 3.63) is 63.5 Å². The summed E-state index contributed by atoms with van der Waals surface area (Å²) in [4.78, 5) is 54.6. The highest BCUT2D eigenvalue weighted by Gasteiger charge is 2.34. The van der Waals surface area contributed by atoms with Gasteiger partial charge in [0.2, 0.25) is 5.91 Å². The fraction of sp³-hybridized carbons (Fsp3) is 0.429. The molecule has 1 aliphatic heterocycles. The Balaban J connectivity index is 1.36. The third-order valence-corrected chi connectivity index (χ3v) is 8.34. The van der Waals surface area contributed by atoms with Crippen molar-refractivity contribution in [3.63, 3.8) is 0 Å². The van der Waals surface area contributed by atoms with E-state index in [0.29, 0.717) is 38.1 Å². The minimum absolute atomic E-state index is 0.0828. The third-order valence-electron chi connectivity index (χ3n) is 6.86. The summed E-state index contributed by atoms with van der Waals surface area (Å²) in [5, 5.41) is 5.55. The monoisotopic (exact) mass is 619 g/mol. The molecule has 10 nitrogen and oxygen atoms in total. The maximum atomic E-state index is 13.8. The average molecular weight is 620 g/mol. The van der Waals surface area contributed by atoms with E-state index in [1.807, 2.05) is 11.8 Å². The largest absolute Gasteiger partial charge is 0.371 e. The number of piperazine rings is 1. The van der Waals surface area contributed by atoms with Crippen molar-refractivity contribution in [2.45, 2.75) is 45.6 Å². The summed E-state index contributed by atoms with van der Waals surface area (Å²) in [6.07, 6.45) is 7.30. The molecule has 4 rings (SSSR count). The number of carbonyl (C=O) groups excluding carboxylic acids is 3. The predicted molar refractivity (Wildman–Crippen MR) is 158 cm³/mol. The zero-order valence-electron chi connectivity index (χ0n) is 23.5. The second kappa shape index (κ2) is 13.1. The number of hydrogen-bond acceptors (Lipinski definition) is 8. The molecule has 2 aliphatic rings. The minimum atomic E-state index is -3.21. The SMILES string of the molecule is C=CN=C(/C=C(\C)N1CCN(C(=O)C2CC2)CC1)C(=O)NC(C)c1ncc(C(=O)Nc2cc(C(C)(F)F)c(Cl)cn2)s1. The molecule has 14 heteroatoms. The molecule has 1 unspecified atom stereocenters. The normalized spacial score (nSPS) is 17.1. The van der Waals surface area contributed by atoms with Gasteiger partial charge in [-0.3, -0.25) is 19.4 Å². The Bertz CT molecular complexity index is 1430. The highest BCUT2D eigenvalue weighted by Crippen LogP contribution is 2.34. The van der Waals surface area contributed by atoms with E-state index >= 15 is 0 Å². The van der Waals surface area contributed by atoms with Crippen LogP contribution in [0.2, 0.25) is 5.02 Å². The number of hydrogen-bond donors (Lipinski definition) is 2. The number of amides is 3. The number of aliphatic imine (C=N–C) groups is 1. The number of thiazole rings is 1. The molecule has 42 heavy (non-hydrogen) atoms. The van der Waals surface area contributed by atoms with Crippen molar-refractivity contribution in [2.75, 3.05) is 31.5 Å². The highest BCUT2D eigenvalue weighted by atomic mass is 35.5. The van der Waals surface area contributed by atoms with Crippen molar-refractivity contribution in [1.29, 1.82) is 0 Å². The van der Waals surface area contributed by atoms with Gasteiger partial charge in [-0.1, -0.05) is 18.2 Å². The molecule has 1 atom stereocenters. The molecule has 3 heterocycles. The first kappa shape index (κ1) is 31.2. The van der Waals surface area contributed by atoms with Gasteiger partial charge < -0.3 is 20.4 Å². The Hall–Kier alpha value is -3.71. The van der Waals surface area contributed by atoms with Crippen LogP contribution < -0.4 is 10.6 Å². The van der Waals surface area contributed by atoms with Crippen LogP contribution in [0.25, 0.3) is 0 Å². The van der Waals surface area contributed by atoms with Crippen LogP contribution in [-0.4, -0.2) is 69.4 Å². The lowest BCUT2D eigenvalue weighted by Gasteiger charge is -2.36. The Morgan fingerprint density at radius 3 is 2.48 bits per heavy atom. The molecule has 1 saturated carbocycles. The number of halogens is 3. The van der Waals surface area contributed by atoms with E-state index in [1.54, 1.807) is 13.0 Å². The number of allylic oxidation sites excluding steroid dienone is 1. The number of anilines is 1. The van der Waals surface area contributed by atoms with E-state index in [2.05, 4.69) is 37.1 Å². The van der Waals surface area contributed by atoms with Crippen LogP contribution in [0.5, 0.6) is 0 Å². The number of pyridine rings is 1. The molecular weight excluding hydrogens is 588 g/mol. The van der Waals surface area contributed by atoms with Gasteiger partial charge in [0.25, 0.3) is 17.7 Å². The van der Waals surface area contributed by atoms with E-state index < -0.39 is 29.3 Å². The molecule has 2 aromatic rings. The Labute approximate surface area is 251 Å². The van der Waals surface area contributed by atoms with Crippen LogP contribution in [-0.2, 0) is 15.5 Å². The van der Waals surface area contributed by atoms with Crippen LogP contribution in [0.3, 0.4) is 0 Å². The van der Waals surface area contributed by atoms with Crippen molar-refractivity contribution < 1.29 is 23.2 Å². The summed E-state index contributed by atoms with van der Waals surface area (Å²) >= 11 is 6.86. The number of alkyl halides is 2. The lowest BCUT2D eigenvalue weighted by atomic mass is 10.1. The molecule has 1 saturated heterocycles. The van der Waals surface area contributed by atoms with E-state index in [9.17, 15) is 23.2 Å². The van der Waals surface area contributed by atoms with Gasteiger partial charge in [-0.2, -0.15) is 0 Å². The summed E-state index contributed by atoms with van der Waals surface area (Å²) < 4.78 is 27.6. The molecule has 0 radical (unpaired) electrons. The van der Waals surface area contributed by atoms with Gasteiger partial charge in [0.05, 0.1) is 17.3 Å². The quantitative estimate of drug-likeness (QED) is 0.370. The summed E-state index contributed by atoms with van der Waals surface area (Å²) in [6.45, 7) is 10.5. The van der Waals surface area contributed by atoms with Crippen LogP contribution in [0.1, 0.15) is 59.9 Å². The topological polar surface area (TPSA) is 120 Å². The number of nitrogens with zero attached hydrogens (tertiary/aromatic N) is 5. The highest BCUT2D eigenvalue weighted by molar-refractivity contribution is 7.13. The second-order valence-electron chi connectivity index (χ2n) is 10.2. The van der Waals surface area contributed by atoms with Crippen molar-refractivity contribution in [1.82, 2.24) is 25.1 Å². The lowest BCUT2D eigenvalue weighted by Crippen LogP contribution is -2.48. The molecular formula is C28H32ClF2N7O3S. The number of carbonyl (C=O) groups is 3. The summed E-state index contributed by atoms with van der Waals surface area (Å²) in [7, 11) is 0. The standard InChI is InChI=1S/C28H32ClF2N7O3S/c1-5-32-21(12-16(2)37-8-10-38(11-9-37)27(41)18-6-7-18)24(39)35-17(3)26-34-15-22(42-26)25(40)36-23-13-19(28(4,30)31)20(29)14-33-23/h5,12-15,17-18H,1,6-11H2,2-4H3,(H,35,39)(H,33,36,40)/b16-12+,32-21?. The lowest BCUT2D eigenvalue weighted by molar-refractivity contribution is -0.134. The molecule has 0 aromatic carbocycles. The molecule has 2 aromatic heterocycles. The van der Waals surface area contributed by atoms with E-state index in [1.165, 1.54) is 12.4 Å². The molecule has 0 bridgehead atoms. The zero-order valence-corrected chi connectivity index (χ0v) is 25.1.